The summed E-state index contributed by atoms with van der Waals surface area (Å²) in [5.74, 6) is 0.314. The molecule has 0 aliphatic carbocycles. The van der Waals surface area contributed by atoms with Gasteiger partial charge in [-0.15, -0.1) is 0 Å². The molecule has 0 unspecified atom stereocenters. The van der Waals surface area contributed by atoms with Crippen molar-refractivity contribution in [1.82, 2.24) is 28.9 Å². The Morgan fingerprint density at radius 1 is 0.843 bits per heavy atom. The first-order chi connectivity index (χ1) is 24.8. The SMILES string of the molecule is CCCn1c(=O)c2c(nc(Cc3ccccc3)n2CCN(CC)CCO)n(CCc2ccc(NC(=O)CCC(=O)NCCCCCN)cc2)c1=O. The van der Waals surface area contributed by atoms with Crippen LogP contribution in [0.1, 0.15) is 69.3 Å². The summed E-state index contributed by atoms with van der Waals surface area (Å²) >= 11 is 0. The van der Waals surface area contributed by atoms with Crippen LogP contribution in [0.25, 0.3) is 11.2 Å². The lowest BCUT2D eigenvalue weighted by molar-refractivity contribution is -0.124. The Hall–Kier alpha value is -4.59. The monoisotopic (exact) mass is 702 g/mol. The molecule has 51 heavy (non-hydrogen) atoms. The molecule has 2 heterocycles. The first kappa shape index (κ1) is 39.2. The maximum Gasteiger partial charge on any atom is 0.332 e. The van der Waals surface area contributed by atoms with Crippen molar-refractivity contribution in [3.05, 3.63) is 92.4 Å². The molecule has 13 nitrogen and oxygen atoms in total. The smallest absolute Gasteiger partial charge is 0.332 e. The number of unbranched alkanes of at least 4 members (excludes halogenated alkanes) is 2. The first-order valence-electron chi connectivity index (χ1n) is 18.2. The van der Waals surface area contributed by atoms with Crippen LogP contribution in [-0.2, 0) is 42.1 Å². The molecule has 276 valence electrons. The molecule has 5 N–H and O–H groups in total. The quantitative estimate of drug-likeness (QED) is 0.0907. The van der Waals surface area contributed by atoms with Crippen LogP contribution in [0.15, 0.2) is 64.2 Å². The van der Waals surface area contributed by atoms with Crippen LogP contribution in [0, 0.1) is 0 Å². The summed E-state index contributed by atoms with van der Waals surface area (Å²) in [6.45, 7) is 8.22. The van der Waals surface area contributed by atoms with Crippen molar-refractivity contribution in [2.45, 2.75) is 84.8 Å². The summed E-state index contributed by atoms with van der Waals surface area (Å²) in [5.41, 5.74) is 8.16. The van der Waals surface area contributed by atoms with Gasteiger partial charge in [0.1, 0.15) is 5.82 Å². The summed E-state index contributed by atoms with van der Waals surface area (Å²) in [6.07, 6.45) is 4.58. The molecule has 2 aromatic heterocycles. The second-order valence-corrected chi connectivity index (χ2v) is 12.8. The van der Waals surface area contributed by atoms with Gasteiger partial charge in [0, 0.05) is 64.2 Å². The molecule has 0 saturated carbocycles. The van der Waals surface area contributed by atoms with Gasteiger partial charge in [0.15, 0.2) is 11.2 Å². The topological polar surface area (TPSA) is 170 Å². The predicted octanol–water partition coefficient (Wildman–Crippen LogP) is 2.88. The lowest BCUT2D eigenvalue weighted by atomic mass is 10.1. The highest BCUT2D eigenvalue weighted by Gasteiger charge is 2.22. The van der Waals surface area contributed by atoms with Crippen LogP contribution in [0.3, 0.4) is 0 Å². The van der Waals surface area contributed by atoms with E-state index >= 15 is 0 Å². The van der Waals surface area contributed by atoms with Crippen LogP contribution in [-0.4, -0.2) is 79.8 Å². The van der Waals surface area contributed by atoms with E-state index in [4.69, 9.17) is 10.7 Å². The average Bonchev–Trinajstić information content (AvgIpc) is 3.49. The van der Waals surface area contributed by atoms with Crippen molar-refractivity contribution in [2.24, 2.45) is 5.73 Å². The molecule has 0 saturated heterocycles. The molecule has 13 heteroatoms. The molecule has 4 rings (SSSR count). The minimum Gasteiger partial charge on any atom is -0.395 e. The van der Waals surface area contributed by atoms with Crippen molar-refractivity contribution < 1.29 is 14.7 Å². The summed E-state index contributed by atoms with van der Waals surface area (Å²) in [7, 11) is 0. The number of hydrogen-bond donors (Lipinski definition) is 4. The number of likely N-dealkylation sites (N-methyl/N-ethyl adjacent to an activating group) is 1. The van der Waals surface area contributed by atoms with E-state index in [9.17, 15) is 24.3 Å². The van der Waals surface area contributed by atoms with Gasteiger partial charge in [-0.3, -0.25) is 28.4 Å². The van der Waals surface area contributed by atoms with Crippen molar-refractivity contribution in [1.29, 1.82) is 0 Å². The van der Waals surface area contributed by atoms with Crippen LogP contribution in [0.2, 0.25) is 0 Å². The van der Waals surface area contributed by atoms with Crippen LogP contribution in [0.5, 0.6) is 0 Å². The highest BCUT2D eigenvalue weighted by Crippen LogP contribution is 2.18. The molecular formula is C38H54N8O5. The number of nitrogens with one attached hydrogen (secondary N) is 2. The fourth-order valence-corrected chi connectivity index (χ4v) is 6.13. The number of nitrogens with zero attached hydrogens (tertiary/aromatic N) is 5. The molecule has 4 aromatic rings. The van der Waals surface area contributed by atoms with E-state index in [1.165, 1.54) is 4.57 Å². The number of imidazole rings is 1. The normalized spacial score (nSPS) is 11.4. The van der Waals surface area contributed by atoms with Gasteiger partial charge in [0.05, 0.1) is 6.61 Å². The van der Waals surface area contributed by atoms with Crippen LogP contribution < -0.4 is 27.6 Å². The standard InChI is InChI=1S/C38H54N8O5/c1-3-22-46-37(50)35-36(42-32(28-30-11-7-5-8-12-30)44(35)25-24-43(4-2)26-27-47)45(38(46)51)23-19-29-13-15-31(16-14-29)41-34(49)18-17-33(48)40-21-10-6-9-20-39/h5,7-8,11-16,47H,3-4,6,9-10,17-28,39H2,1-2H3,(H,40,48)(H,41,49). The number of amides is 2. The number of aryl methyl sites for hydroxylation is 2. The molecule has 0 radical (unpaired) electrons. The van der Waals surface area contributed by atoms with Crippen molar-refractivity contribution >= 4 is 28.7 Å². The van der Waals surface area contributed by atoms with Crippen LogP contribution in [0.4, 0.5) is 5.69 Å². The number of hydrogen-bond acceptors (Lipinski definition) is 8. The van der Waals surface area contributed by atoms with Gasteiger partial charge < -0.3 is 26.0 Å². The Morgan fingerprint density at radius 2 is 1.59 bits per heavy atom. The largest absolute Gasteiger partial charge is 0.395 e. The van der Waals surface area contributed by atoms with Gasteiger partial charge in [-0.2, -0.15) is 0 Å². The number of anilines is 1. The first-order valence-corrected chi connectivity index (χ1v) is 18.2. The second-order valence-electron chi connectivity index (χ2n) is 12.8. The van der Waals surface area contributed by atoms with Gasteiger partial charge in [-0.25, -0.2) is 9.78 Å². The highest BCUT2D eigenvalue weighted by atomic mass is 16.3. The third kappa shape index (κ3) is 11.2. The number of aliphatic hydroxyl groups is 1. The van der Waals surface area contributed by atoms with Gasteiger partial charge in [-0.1, -0.05) is 62.7 Å². The number of nitrogens with two attached hydrogens (primary N) is 1. The van der Waals surface area contributed by atoms with E-state index in [0.717, 1.165) is 36.9 Å². The van der Waals surface area contributed by atoms with E-state index in [-0.39, 0.29) is 42.5 Å². The summed E-state index contributed by atoms with van der Waals surface area (Å²) in [6, 6.07) is 17.3. The molecule has 2 aromatic carbocycles. The molecule has 0 fully saturated rings. The number of aromatic nitrogens is 4. The Labute approximate surface area is 299 Å². The van der Waals surface area contributed by atoms with Gasteiger partial charge in [-0.05, 0) is 62.0 Å². The van der Waals surface area contributed by atoms with Gasteiger partial charge >= 0.3 is 5.69 Å². The number of fused-ring (bicyclic) bond motifs is 1. The fraction of sp³-hybridized carbons (Fsp3) is 0.500. The van der Waals surface area contributed by atoms with Gasteiger partial charge in [0.2, 0.25) is 11.8 Å². The third-order valence-corrected chi connectivity index (χ3v) is 8.99. The maximum atomic E-state index is 14.0. The molecule has 2 amide bonds. The molecule has 0 bridgehead atoms. The highest BCUT2D eigenvalue weighted by molar-refractivity contribution is 5.93. The Balaban J connectivity index is 1.52. The van der Waals surface area contributed by atoms with E-state index in [2.05, 4.69) is 15.5 Å². The molecular weight excluding hydrogens is 648 g/mol. The number of aliphatic hydroxyl groups excluding tert-OH is 1. The van der Waals surface area contributed by atoms with Crippen molar-refractivity contribution in [2.75, 3.05) is 44.6 Å². The fourth-order valence-electron chi connectivity index (χ4n) is 6.13. The third-order valence-electron chi connectivity index (χ3n) is 8.99. The van der Waals surface area contributed by atoms with Crippen LogP contribution >= 0.6 is 0 Å². The molecule has 0 atom stereocenters. The Kier molecular flexibility index (Phi) is 15.6. The minimum absolute atomic E-state index is 0.0425. The summed E-state index contributed by atoms with van der Waals surface area (Å²) in [4.78, 5) is 59.4. The van der Waals surface area contributed by atoms with Crippen molar-refractivity contribution in [3.8, 4) is 0 Å². The van der Waals surface area contributed by atoms with Crippen molar-refractivity contribution in [3.63, 3.8) is 0 Å². The second kappa shape index (κ2) is 20.3. The van der Waals surface area contributed by atoms with E-state index < -0.39 is 0 Å². The number of carbonyl (C=O) groups excluding carboxylic acids is 2. The molecule has 0 spiro atoms. The molecule has 0 aliphatic heterocycles. The van der Waals surface area contributed by atoms with E-state index in [1.54, 1.807) is 16.7 Å². The lowest BCUT2D eigenvalue weighted by Gasteiger charge is -2.20. The zero-order chi connectivity index (χ0) is 36.6. The predicted molar refractivity (Wildman–Crippen MR) is 201 cm³/mol. The number of carbonyl (C=O) groups is 2. The number of rotatable bonds is 22. The summed E-state index contributed by atoms with van der Waals surface area (Å²) in [5, 5.41) is 15.2. The zero-order valence-corrected chi connectivity index (χ0v) is 30.1. The summed E-state index contributed by atoms with van der Waals surface area (Å²) < 4.78 is 4.89. The zero-order valence-electron chi connectivity index (χ0n) is 30.1. The number of benzene rings is 2. The Bertz CT molecular complexity index is 1810. The van der Waals surface area contributed by atoms with E-state index in [1.807, 2.05) is 60.9 Å². The Morgan fingerprint density at radius 3 is 2.27 bits per heavy atom. The molecule has 0 aliphatic rings. The van der Waals surface area contributed by atoms with Gasteiger partial charge in [0.25, 0.3) is 5.56 Å². The average molecular weight is 703 g/mol. The lowest BCUT2D eigenvalue weighted by Crippen LogP contribution is -2.41. The maximum absolute atomic E-state index is 14.0. The van der Waals surface area contributed by atoms with E-state index in [0.29, 0.717) is 87.8 Å². The minimum atomic E-state index is -0.385.